The maximum Gasteiger partial charge on any atom is 0.164 e. The van der Waals surface area contributed by atoms with Gasteiger partial charge in [-0.25, -0.2) is 59.4 Å². The number of sulfone groups is 3. The maximum absolute atomic E-state index is 10.4. The van der Waals surface area contributed by atoms with Crippen molar-refractivity contribution in [1.82, 2.24) is 9.13 Å². The third kappa shape index (κ3) is 11.8. The lowest BCUT2D eigenvalue weighted by atomic mass is 10.1. The van der Waals surface area contributed by atoms with Crippen molar-refractivity contribution in [1.29, 1.82) is 0 Å². The topological polar surface area (TPSA) is 213 Å². The van der Waals surface area contributed by atoms with E-state index in [2.05, 4.69) is 61.8 Å². The summed E-state index contributed by atoms with van der Waals surface area (Å²) >= 11 is -1.08. The largest absolute Gasteiger partial charge is 0.294 e. The quantitative estimate of drug-likeness (QED) is 0.174. The minimum atomic E-state index is -2.74. The first-order valence-corrected chi connectivity index (χ1v) is 29.0. The number of aromatic nitrogens is 2. The summed E-state index contributed by atoms with van der Waals surface area (Å²) < 4.78 is 81.2. The SMILES string of the molecule is CC(C)S(C)(=O)=O.CC(C)S(C)(=O)=O.CC(C)S(C)(=O)=O.COS(=O)C(C)C.c1ccc2c(c1)C1=NC2=Nc2c3ccccc3c3n2Cn2c(c4ccccc4c2=NC2=NC(=N3)c3ccccc32)=N1. The second-order valence-electron chi connectivity index (χ2n) is 17.6. The summed E-state index contributed by atoms with van der Waals surface area (Å²) in [5.41, 5.74) is 5.45. The lowest BCUT2D eigenvalue weighted by molar-refractivity contribution is 0.440. The van der Waals surface area contributed by atoms with E-state index in [9.17, 15) is 29.5 Å². The van der Waals surface area contributed by atoms with Crippen LogP contribution in [0.5, 0.6) is 0 Å². The Morgan fingerprint density at radius 3 is 0.986 bits per heavy atom. The summed E-state index contributed by atoms with van der Waals surface area (Å²) in [7, 11) is -6.78. The lowest BCUT2D eigenvalue weighted by Gasteiger charge is -2.12. The van der Waals surface area contributed by atoms with Crippen LogP contribution >= 0.6 is 0 Å². The van der Waals surface area contributed by atoms with Crippen molar-refractivity contribution >= 4 is 97.1 Å². The van der Waals surface area contributed by atoms with Gasteiger partial charge >= 0.3 is 0 Å². The summed E-state index contributed by atoms with van der Waals surface area (Å²) in [6.07, 6.45) is 3.70. The zero-order valence-corrected chi connectivity index (χ0v) is 44.0. The molecule has 16 nitrogen and oxygen atoms in total. The molecule has 0 radical (unpaired) electrons. The van der Waals surface area contributed by atoms with E-state index in [0.29, 0.717) is 30.0 Å². The van der Waals surface area contributed by atoms with Gasteiger partial charge in [0.1, 0.15) is 58.8 Å². The fraction of sp³-hybridized carbons (Fsp3) is 0.347. The van der Waals surface area contributed by atoms with Crippen LogP contribution < -0.4 is 11.0 Å². The van der Waals surface area contributed by atoms with Gasteiger partial charge in [-0.3, -0.25) is 13.3 Å². The highest BCUT2D eigenvalue weighted by Crippen LogP contribution is 2.40. The van der Waals surface area contributed by atoms with E-state index in [4.69, 9.17) is 30.0 Å². The van der Waals surface area contributed by atoms with Crippen LogP contribution in [0.25, 0.3) is 21.5 Å². The van der Waals surface area contributed by atoms with Crippen LogP contribution in [-0.4, -0.2) is 109 Å². The van der Waals surface area contributed by atoms with E-state index in [-0.39, 0.29) is 21.0 Å². The minimum absolute atomic E-state index is 0.116. The van der Waals surface area contributed by atoms with Gasteiger partial charge in [0.15, 0.2) is 34.4 Å². The van der Waals surface area contributed by atoms with Gasteiger partial charge in [0.25, 0.3) is 0 Å². The molecule has 6 aromatic rings. The van der Waals surface area contributed by atoms with Gasteiger partial charge in [-0.15, -0.1) is 0 Å². The van der Waals surface area contributed by atoms with E-state index >= 15 is 0 Å². The zero-order valence-electron chi connectivity index (χ0n) is 40.7. The standard InChI is InChI=1S/C33H18N8.4C4H10O2S/c1-2-10-19-18(9-1)26-34-27(19)37-31-24-15-7-8-16-25(24)33-39-29-21-12-4-3-11-20(21)28(35-29)38-32-23-14-6-5-13-22(23)30(36-26)40(32)17-41(31)33;3*1-4(2)7(3,5)6;1-4(2)7(5)6-3/h1-16H,17H2;4*4H,1-3H3. The Morgan fingerprint density at radius 2 is 0.725 bits per heavy atom. The molecule has 0 saturated carbocycles. The fourth-order valence-electron chi connectivity index (χ4n) is 6.54. The summed E-state index contributed by atoms with van der Waals surface area (Å²) in [4.78, 5) is 30.9. The van der Waals surface area contributed by atoms with Crippen LogP contribution in [0.4, 0.5) is 11.6 Å². The first-order chi connectivity index (χ1) is 32.3. The molecular formula is C49H58N8O8S4. The molecule has 69 heavy (non-hydrogen) atoms. The van der Waals surface area contributed by atoms with Gasteiger partial charge in [0.05, 0.1) is 28.1 Å². The van der Waals surface area contributed by atoms with Crippen LogP contribution in [-0.2, 0) is 51.4 Å². The Bertz CT molecular complexity index is 3340. The van der Waals surface area contributed by atoms with Crippen LogP contribution in [0, 0.1) is 0 Å². The number of amidine groups is 4. The second-order valence-corrected chi connectivity index (χ2v) is 27.2. The van der Waals surface area contributed by atoms with E-state index in [1.807, 2.05) is 62.4 Å². The molecule has 1 unspecified atom stereocenters. The van der Waals surface area contributed by atoms with Crippen LogP contribution in [0.1, 0.15) is 77.6 Å². The summed E-state index contributed by atoms with van der Waals surface area (Å²) in [6, 6.07) is 32.9. The molecule has 4 aliphatic heterocycles. The molecule has 20 heteroatoms. The average molecular weight is 1020 g/mol. The minimum Gasteiger partial charge on any atom is -0.294 e. The molecule has 10 rings (SSSR count). The summed E-state index contributed by atoms with van der Waals surface area (Å²) in [5.74, 6) is 4.18. The molecule has 366 valence electrons. The molecule has 4 aromatic carbocycles. The Labute approximate surface area is 406 Å². The van der Waals surface area contributed by atoms with Crippen molar-refractivity contribution in [2.24, 2.45) is 30.0 Å². The Kier molecular flexibility index (Phi) is 16.0. The Balaban J connectivity index is 0.000000230. The van der Waals surface area contributed by atoms with E-state index in [0.717, 1.165) is 66.4 Å². The van der Waals surface area contributed by atoms with Gasteiger partial charge in [-0.1, -0.05) is 97.1 Å². The molecule has 1 atom stereocenters. The smallest absolute Gasteiger partial charge is 0.164 e. The molecular weight excluding hydrogens is 957 g/mol. The van der Waals surface area contributed by atoms with E-state index in [1.165, 1.54) is 25.9 Å². The highest BCUT2D eigenvalue weighted by molar-refractivity contribution is 7.91. The number of fused-ring (bicyclic) bond motifs is 14. The van der Waals surface area contributed by atoms with Crippen LogP contribution in [0.2, 0.25) is 0 Å². The third-order valence-electron chi connectivity index (χ3n) is 11.3. The molecule has 2 aromatic heterocycles. The molecule has 4 aliphatic rings. The summed E-state index contributed by atoms with van der Waals surface area (Å²) in [5, 5.41) is 3.44. The van der Waals surface area contributed by atoms with E-state index in [1.54, 1.807) is 41.5 Å². The molecule has 0 saturated heterocycles. The molecule has 0 fully saturated rings. The lowest BCUT2D eigenvalue weighted by Crippen LogP contribution is -2.32. The summed E-state index contributed by atoms with van der Waals surface area (Å²) in [6.45, 7) is 14.1. The Morgan fingerprint density at radius 1 is 0.449 bits per heavy atom. The number of aliphatic imine (C=N–C) groups is 4. The fourth-order valence-corrected chi connectivity index (χ4v) is 6.93. The molecule has 6 bridgehead atoms. The van der Waals surface area contributed by atoms with Crippen molar-refractivity contribution in [2.45, 2.75) is 83.1 Å². The van der Waals surface area contributed by atoms with Crippen molar-refractivity contribution < 1.29 is 33.6 Å². The molecule has 0 aliphatic carbocycles. The average Bonchev–Trinajstić information content (AvgIpc) is 3.99. The number of hydrogen-bond donors (Lipinski definition) is 0. The van der Waals surface area contributed by atoms with Gasteiger partial charge < -0.3 is 0 Å². The van der Waals surface area contributed by atoms with Crippen molar-refractivity contribution in [3.8, 4) is 0 Å². The Hall–Kier alpha value is -5.80. The number of benzene rings is 4. The predicted octanol–water partition coefficient (Wildman–Crippen LogP) is 7.07. The highest BCUT2D eigenvalue weighted by atomic mass is 32.2. The van der Waals surface area contributed by atoms with Crippen molar-refractivity contribution in [3.05, 3.63) is 130 Å². The number of rotatable bonds is 5. The zero-order chi connectivity index (χ0) is 50.7. The van der Waals surface area contributed by atoms with E-state index < -0.39 is 40.6 Å². The van der Waals surface area contributed by atoms with Gasteiger partial charge in [0, 0.05) is 62.6 Å². The highest BCUT2D eigenvalue weighted by Gasteiger charge is 2.29. The molecule has 0 amide bonds. The predicted molar refractivity (Wildman–Crippen MR) is 280 cm³/mol. The third-order valence-corrected chi connectivity index (χ3v) is 17.6. The molecule has 0 N–H and O–H groups in total. The van der Waals surface area contributed by atoms with Gasteiger partial charge in [-0.05, 0) is 55.4 Å². The number of hydrogen-bond acceptors (Lipinski definition) is 14. The van der Waals surface area contributed by atoms with Crippen molar-refractivity contribution in [3.63, 3.8) is 0 Å². The first-order valence-electron chi connectivity index (χ1n) is 22.0. The maximum atomic E-state index is 10.4. The number of nitrogens with zero attached hydrogens (tertiary/aromatic N) is 8. The van der Waals surface area contributed by atoms with Crippen molar-refractivity contribution in [2.75, 3.05) is 25.9 Å². The monoisotopic (exact) mass is 1010 g/mol. The second kappa shape index (κ2) is 21.1. The molecule has 6 heterocycles. The first kappa shape index (κ1) is 52.6. The van der Waals surface area contributed by atoms with Gasteiger partial charge in [-0.2, -0.15) is 0 Å². The normalized spacial score (nSPS) is 14.7. The van der Waals surface area contributed by atoms with Gasteiger partial charge in [0.2, 0.25) is 0 Å². The van der Waals surface area contributed by atoms with Crippen LogP contribution in [0.15, 0.2) is 127 Å². The van der Waals surface area contributed by atoms with Crippen LogP contribution in [0.3, 0.4) is 0 Å². The molecule has 0 spiro atoms.